The van der Waals surface area contributed by atoms with Gasteiger partial charge in [-0.15, -0.1) is 0 Å². The van der Waals surface area contributed by atoms with Crippen LogP contribution < -0.4 is 0 Å². The van der Waals surface area contributed by atoms with Crippen LogP contribution in [-0.4, -0.2) is 17.2 Å². The highest BCUT2D eigenvalue weighted by atomic mass is 16.5. The second kappa shape index (κ2) is 7.37. The minimum atomic E-state index is -0.378. The lowest BCUT2D eigenvalue weighted by molar-refractivity contribution is -0.0177. The van der Waals surface area contributed by atoms with Crippen LogP contribution in [0.4, 0.5) is 0 Å². The number of hydrogen-bond donors (Lipinski definition) is 1. The summed E-state index contributed by atoms with van der Waals surface area (Å²) in [5, 5.41) is 10.2. The Morgan fingerprint density at radius 2 is 1.91 bits per heavy atom. The number of phenols is 1. The van der Waals surface area contributed by atoms with Gasteiger partial charge in [0.2, 0.25) is 0 Å². The lowest BCUT2D eigenvalue weighted by atomic mass is 9.75. The van der Waals surface area contributed by atoms with E-state index in [4.69, 9.17) is 4.74 Å². The molecule has 1 aliphatic carbocycles. The normalized spacial score (nSPS) is 24.9. The van der Waals surface area contributed by atoms with Crippen molar-refractivity contribution in [2.24, 2.45) is 17.8 Å². The molecule has 0 heterocycles. The molecule has 1 saturated carbocycles. The van der Waals surface area contributed by atoms with E-state index in [0.717, 1.165) is 18.4 Å². The summed E-state index contributed by atoms with van der Waals surface area (Å²) in [6, 6.07) is 5.23. The first-order valence-electron chi connectivity index (χ1n) is 8.84. The van der Waals surface area contributed by atoms with E-state index >= 15 is 0 Å². The molecule has 0 spiro atoms. The SMILES string of the molecule is CC(C)c1cccc(O)c1C(=O)O[C@@H]1C[C@H](C)CC[C@H]1C(C)C. The average Bonchev–Trinajstić information content (AvgIpc) is 2.46. The van der Waals surface area contributed by atoms with Crippen molar-refractivity contribution in [1.82, 2.24) is 0 Å². The maximum absolute atomic E-state index is 12.8. The molecule has 1 aliphatic rings. The molecule has 2 rings (SSSR count). The van der Waals surface area contributed by atoms with Gasteiger partial charge in [-0.1, -0.05) is 53.2 Å². The van der Waals surface area contributed by atoms with Crippen LogP contribution in [0.15, 0.2) is 18.2 Å². The van der Waals surface area contributed by atoms with E-state index in [1.807, 2.05) is 19.9 Å². The molecule has 0 radical (unpaired) electrons. The number of ether oxygens (including phenoxy) is 1. The summed E-state index contributed by atoms with van der Waals surface area (Å²) in [5.74, 6) is 1.29. The van der Waals surface area contributed by atoms with Crippen molar-refractivity contribution < 1.29 is 14.6 Å². The minimum Gasteiger partial charge on any atom is -0.507 e. The third-order valence-corrected chi connectivity index (χ3v) is 5.12. The van der Waals surface area contributed by atoms with Crippen molar-refractivity contribution in [3.8, 4) is 5.75 Å². The Morgan fingerprint density at radius 1 is 1.22 bits per heavy atom. The van der Waals surface area contributed by atoms with Crippen LogP contribution in [0.1, 0.15) is 75.7 Å². The fourth-order valence-corrected chi connectivity index (χ4v) is 3.71. The largest absolute Gasteiger partial charge is 0.507 e. The summed E-state index contributed by atoms with van der Waals surface area (Å²) < 4.78 is 5.89. The highest BCUT2D eigenvalue weighted by Gasteiger charge is 2.34. The molecular weight excluding hydrogens is 288 g/mol. The topological polar surface area (TPSA) is 46.5 Å². The predicted molar refractivity (Wildman–Crippen MR) is 92.7 cm³/mol. The van der Waals surface area contributed by atoms with Gasteiger partial charge in [-0.3, -0.25) is 0 Å². The maximum atomic E-state index is 12.8. The molecule has 1 aromatic carbocycles. The highest BCUT2D eigenvalue weighted by Crippen LogP contribution is 2.37. The standard InChI is InChI=1S/C20H30O3/c1-12(2)15-10-9-14(5)11-18(15)23-20(22)19-16(13(3)4)7-6-8-17(19)21/h6-8,12-15,18,21H,9-11H2,1-5H3/t14-,15+,18-/m1/s1. The maximum Gasteiger partial charge on any atom is 0.342 e. The Labute approximate surface area is 140 Å². The molecule has 3 nitrogen and oxygen atoms in total. The molecule has 3 heteroatoms. The molecule has 1 fully saturated rings. The van der Waals surface area contributed by atoms with E-state index in [1.165, 1.54) is 6.42 Å². The number of hydrogen-bond acceptors (Lipinski definition) is 3. The average molecular weight is 318 g/mol. The van der Waals surface area contributed by atoms with Gasteiger partial charge in [0.05, 0.1) is 0 Å². The van der Waals surface area contributed by atoms with Crippen molar-refractivity contribution in [3.63, 3.8) is 0 Å². The Bertz CT molecular complexity index is 548. The molecule has 0 aliphatic heterocycles. The number of phenolic OH excluding ortho intramolecular Hbond substituents is 1. The van der Waals surface area contributed by atoms with Crippen molar-refractivity contribution in [2.45, 2.75) is 65.9 Å². The van der Waals surface area contributed by atoms with Crippen LogP contribution in [-0.2, 0) is 4.74 Å². The van der Waals surface area contributed by atoms with E-state index in [0.29, 0.717) is 23.3 Å². The molecule has 0 aromatic heterocycles. The van der Waals surface area contributed by atoms with Crippen LogP contribution in [0.5, 0.6) is 5.75 Å². The molecule has 0 unspecified atom stereocenters. The molecule has 3 atom stereocenters. The summed E-state index contributed by atoms with van der Waals surface area (Å²) in [6.07, 6.45) is 3.17. The second-order valence-electron chi connectivity index (χ2n) is 7.67. The van der Waals surface area contributed by atoms with Gasteiger partial charge in [0.15, 0.2) is 0 Å². The van der Waals surface area contributed by atoms with Crippen molar-refractivity contribution in [3.05, 3.63) is 29.3 Å². The smallest absolute Gasteiger partial charge is 0.342 e. The van der Waals surface area contributed by atoms with E-state index < -0.39 is 0 Å². The fraction of sp³-hybridized carbons (Fsp3) is 0.650. The lowest BCUT2D eigenvalue weighted by Gasteiger charge is -2.36. The summed E-state index contributed by atoms with van der Waals surface area (Å²) in [7, 11) is 0. The third-order valence-electron chi connectivity index (χ3n) is 5.12. The van der Waals surface area contributed by atoms with Crippen LogP contribution in [0.25, 0.3) is 0 Å². The number of carbonyl (C=O) groups is 1. The fourth-order valence-electron chi connectivity index (χ4n) is 3.71. The van der Waals surface area contributed by atoms with E-state index in [-0.39, 0.29) is 23.7 Å². The van der Waals surface area contributed by atoms with Gasteiger partial charge in [0, 0.05) is 0 Å². The quantitative estimate of drug-likeness (QED) is 0.782. The van der Waals surface area contributed by atoms with Crippen LogP contribution in [0.2, 0.25) is 0 Å². The van der Waals surface area contributed by atoms with Gasteiger partial charge in [-0.25, -0.2) is 4.79 Å². The number of benzene rings is 1. The highest BCUT2D eigenvalue weighted by molar-refractivity contribution is 5.94. The van der Waals surface area contributed by atoms with Gasteiger partial charge >= 0.3 is 5.97 Å². The Morgan fingerprint density at radius 3 is 2.52 bits per heavy atom. The molecule has 1 aromatic rings. The number of rotatable bonds is 4. The summed E-state index contributed by atoms with van der Waals surface area (Å²) in [4.78, 5) is 12.8. The van der Waals surface area contributed by atoms with Crippen molar-refractivity contribution in [1.29, 1.82) is 0 Å². The predicted octanol–water partition coefficient (Wildman–Crippen LogP) is 5.13. The molecule has 128 valence electrons. The Kier molecular flexibility index (Phi) is 5.72. The molecular formula is C20H30O3. The zero-order valence-corrected chi connectivity index (χ0v) is 15.0. The third kappa shape index (κ3) is 4.07. The van der Waals surface area contributed by atoms with Gasteiger partial charge in [0.25, 0.3) is 0 Å². The molecule has 1 N–H and O–H groups in total. The number of aromatic hydroxyl groups is 1. The zero-order chi connectivity index (χ0) is 17.1. The first-order valence-corrected chi connectivity index (χ1v) is 8.84. The van der Waals surface area contributed by atoms with Crippen molar-refractivity contribution >= 4 is 5.97 Å². The number of carbonyl (C=O) groups excluding carboxylic acids is 1. The summed E-state index contributed by atoms with van der Waals surface area (Å²) >= 11 is 0. The molecule has 0 bridgehead atoms. The van der Waals surface area contributed by atoms with E-state index in [2.05, 4.69) is 20.8 Å². The molecule has 0 saturated heterocycles. The van der Waals surface area contributed by atoms with Gasteiger partial charge < -0.3 is 9.84 Å². The Hall–Kier alpha value is -1.51. The van der Waals surface area contributed by atoms with Crippen LogP contribution >= 0.6 is 0 Å². The second-order valence-corrected chi connectivity index (χ2v) is 7.67. The minimum absolute atomic E-state index is 0.0196. The first kappa shape index (κ1) is 17.8. The van der Waals surface area contributed by atoms with Gasteiger partial charge in [-0.2, -0.15) is 0 Å². The van der Waals surface area contributed by atoms with Crippen LogP contribution in [0.3, 0.4) is 0 Å². The summed E-state index contributed by atoms with van der Waals surface area (Å²) in [5.41, 5.74) is 1.18. The first-order chi connectivity index (χ1) is 10.8. The monoisotopic (exact) mass is 318 g/mol. The van der Waals surface area contributed by atoms with Crippen LogP contribution in [0, 0.1) is 17.8 Å². The van der Waals surface area contributed by atoms with E-state index in [9.17, 15) is 9.90 Å². The van der Waals surface area contributed by atoms with Gasteiger partial charge in [0.1, 0.15) is 17.4 Å². The van der Waals surface area contributed by atoms with E-state index in [1.54, 1.807) is 12.1 Å². The lowest BCUT2D eigenvalue weighted by Crippen LogP contribution is -2.36. The van der Waals surface area contributed by atoms with Gasteiger partial charge in [-0.05, 0) is 48.1 Å². The molecule has 23 heavy (non-hydrogen) atoms. The zero-order valence-electron chi connectivity index (χ0n) is 15.0. The Balaban J connectivity index is 2.24. The number of esters is 1. The molecule has 0 amide bonds. The van der Waals surface area contributed by atoms with Crippen molar-refractivity contribution in [2.75, 3.05) is 0 Å². The summed E-state index contributed by atoms with van der Waals surface area (Å²) in [6.45, 7) is 10.6.